The Morgan fingerprint density at radius 2 is 2.05 bits per heavy atom. The number of amides is 1. The molecule has 0 bridgehead atoms. The molecule has 20 heavy (non-hydrogen) atoms. The second-order valence-electron chi connectivity index (χ2n) is 4.55. The lowest BCUT2D eigenvalue weighted by atomic mass is 9.88. The third-order valence-electron chi connectivity index (χ3n) is 3.19. The van der Waals surface area contributed by atoms with Crippen LogP contribution in [-0.2, 0) is 10.9 Å². The van der Waals surface area contributed by atoms with Gasteiger partial charge in [0.25, 0.3) is 0 Å². The highest BCUT2D eigenvalue weighted by molar-refractivity contribution is 5.65. The van der Waals surface area contributed by atoms with Gasteiger partial charge < -0.3 is 15.4 Å². The third kappa shape index (κ3) is 3.09. The SMILES string of the molecule is CN(c1cnc(C(F)(F)F)cn1)[C@H]1C[C@@H](OC(N)=O)C1. The van der Waals surface area contributed by atoms with Crippen molar-refractivity contribution < 1.29 is 22.7 Å². The molecular formula is C11H13F3N4O2. The van der Waals surface area contributed by atoms with Crippen LogP contribution < -0.4 is 10.6 Å². The average Bonchev–Trinajstić information content (AvgIpc) is 2.31. The largest absolute Gasteiger partial charge is 0.446 e. The number of alkyl halides is 3. The number of nitrogens with two attached hydrogens (primary N) is 1. The summed E-state index contributed by atoms with van der Waals surface area (Å²) in [7, 11) is 1.70. The molecule has 0 aliphatic heterocycles. The fourth-order valence-electron chi connectivity index (χ4n) is 1.95. The van der Waals surface area contributed by atoms with Gasteiger partial charge in [-0.25, -0.2) is 14.8 Å². The highest BCUT2D eigenvalue weighted by Gasteiger charge is 2.36. The molecule has 0 spiro atoms. The molecule has 1 saturated carbocycles. The lowest BCUT2D eigenvalue weighted by Crippen LogP contribution is -2.48. The Labute approximate surface area is 112 Å². The molecule has 2 rings (SSSR count). The number of halogens is 3. The number of hydrogen-bond donors (Lipinski definition) is 1. The third-order valence-corrected chi connectivity index (χ3v) is 3.19. The van der Waals surface area contributed by atoms with Crippen LogP contribution in [0.1, 0.15) is 18.5 Å². The van der Waals surface area contributed by atoms with Gasteiger partial charge >= 0.3 is 12.3 Å². The van der Waals surface area contributed by atoms with E-state index in [1.807, 2.05) is 0 Å². The van der Waals surface area contributed by atoms with Crippen LogP contribution in [0.25, 0.3) is 0 Å². The summed E-state index contributed by atoms with van der Waals surface area (Å²) in [5.74, 6) is 0.334. The molecule has 110 valence electrons. The summed E-state index contributed by atoms with van der Waals surface area (Å²) in [4.78, 5) is 19.3. The zero-order valence-electron chi connectivity index (χ0n) is 10.6. The Morgan fingerprint density at radius 1 is 1.40 bits per heavy atom. The van der Waals surface area contributed by atoms with E-state index >= 15 is 0 Å². The van der Waals surface area contributed by atoms with E-state index < -0.39 is 18.0 Å². The first-order valence-corrected chi connectivity index (χ1v) is 5.85. The van der Waals surface area contributed by atoms with E-state index in [1.54, 1.807) is 11.9 Å². The highest BCUT2D eigenvalue weighted by Crippen LogP contribution is 2.31. The van der Waals surface area contributed by atoms with Crippen molar-refractivity contribution in [3.05, 3.63) is 18.1 Å². The molecule has 6 nitrogen and oxygen atoms in total. The second-order valence-corrected chi connectivity index (χ2v) is 4.55. The summed E-state index contributed by atoms with van der Waals surface area (Å²) in [6.07, 6.45) is -2.69. The van der Waals surface area contributed by atoms with Gasteiger partial charge in [-0.2, -0.15) is 13.2 Å². The van der Waals surface area contributed by atoms with Crippen molar-refractivity contribution in [3.63, 3.8) is 0 Å². The number of primary amides is 1. The van der Waals surface area contributed by atoms with Crippen LogP contribution >= 0.6 is 0 Å². The first-order chi connectivity index (χ1) is 9.27. The van der Waals surface area contributed by atoms with E-state index in [0.717, 1.165) is 6.20 Å². The fourth-order valence-corrected chi connectivity index (χ4v) is 1.95. The number of ether oxygens (including phenoxy) is 1. The number of hydrogen-bond acceptors (Lipinski definition) is 5. The number of carbonyl (C=O) groups excluding carboxylic acids is 1. The molecule has 9 heteroatoms. The summed E-state index contributed by atoms with van der Waals surface area (Å²) in [5, 5.41) is 0. The fraction of sp³-hybridized carbons (Fsp3) is 0.545. The molecular weight excluding hydrogens is 277 g/mol. The zero-order chi connectivity index (χ0) is 14.9. The molecule has 0 unspecified atom stereocenters. The van der Waals surface area contributed by atoms with Gasteiger partial charge in [-0.05, 0) is 0 Å². The number of rotatable bonds is 3. The van der Waals surface area contributed by atoms with Crippen LogP contribution in [0.4, 0.5) is 23.8 Å². The molecule has 1 amide bonds. The minimum atomic E-state index is -4.50. The molecule has 1 aliphatic rings. The first kappa shape index (κ1) is 14.4. The van der Waals surface area contributed by atoms with E-state index in [2.05, 4.69) is 9.97 Å². The topological polar surface area (TPSA) is 81.3 Å². The molecule has 0 atom stereocenters. The van der Waals surface area contributed by atoms with Gasteiger partial charge in [0.05, 0.1) is 12.4 Å². The normalized spacial score (nSPS) is 22.0. The Bertz CT molecular complexity index is 485. The van der Waals surface area contributed by atoms with Crippen molar-refractivity contribution in [3.8, 4) is 0 Å². The predicted molar refractivity (Wildman–Crippen MR) is 62.9 cm³/mol. The lowest BCUT2D eigenvalue weighted by molar-refractivity contribution is -0.141. The Morgan fingerprint density at radius 3 is 2.50 bits per heavy atom. The van der Waals surface area contributed by atoms with E-state index in [0.29, 0.717) is 24.9 Å². The molecule has 2 N–H and O–H groups in total. The maximum Gasteiger partial charge on any atom is 0.434 e. The van der Waals surface area contributed by atoms with Crippen LogP contribution in [0.2, 0.25) is 0 Å². The molecule has 1 heterocycles. The number of nitrogens with zero attached hydrogens (tertiary/aromatic N) is 3. The Balaban J connectivity index is 1.94. The van der Waals surface area contributed by atoms with E-state index in [9.17, 15) is 18.0 Å². The molecule has 1 aromatic heterocycles. The van der Waals surface area contributed by atoms with Gasteiger partial charge in [-0.15, -0.1) is 0 Å². The first-order valence-electron chi connectivity index (χ1n) is 5.85. The molecule has 1 fully saturated rings. The minimum Gasteiger partial charge on any atom is -0.446 e. The van der Waals surface area contributed by atoms with Gasteiger partial charge in [0.2, 0.25) is 0 Å². The molecule has 0 radical (unpaired) electrons. The number of anilines is 1. The van der Waals surface area contributed by atoms with Crippen LogP contribution in [0.15, 0.2) is 12.4 Å². The maximum atomic E-state index is 12.4. The van der Waals surface area contributed by atoms with Crippen LogP contribution in [-0.4, -0.2) is 35.3 Å². The van der Waals surface area contributed by atoms with E-state index in [4.69, 9.17) is 10.5 Å². The Kier molecular flexibility index (Phi) is 3.69. The van der Waals surface area contributed by atoms with Gasteiger partial charge in [0.1, 0.15) is 11.9 Å². The van der Waals surface area contributed by atoms with Crippen LogP contribution in [0.3, 0.4) is 0 Å². The monoisotopic (exact) mass is 290 g/mol. The van der Waals surface area contributed by atoms with Gasteiger partial charge in [-0.1, -0.05) is 0 Å². The zero-order valence-corrected chi connectivity index (χ0v) is 10.6. The quantitative estimate of drug-likeness (QED) is 0.913. The van der Waals surface area contributed by atoms with Gasteiger partial charge in [0.15, 0.2) is 5.69 Å². The van der Waals surface area contributed by atoms with Gasteiger partial charge in [0, 0.05) is 25.9 Å². The molecule has 1 aliphatic carbocycles. The molecule has 0 saturated heterocycles. The number of carbonyl (C=O) groups is 1. The van der Waals surface area contributed by atoms with Crippen LogP contribution in [0, 0.1) is 0 Å². The van der Waals surface area contributed by atoms with E-state index in [1.165, 1.54) is 0 Å². The van der Waals surface area contributed by atoms with Crippen molar-refractivity contribution in [2.45, 2.75) is 31.2 Å². The minimum absolute atomic E-state index is 0.0328. The lowest BCUT2D eigenvalue weighted by Gasteiger charge is -2.40. The predicted octanol–water partition coefficient (Wildman–Crippen LogP) is 1.56. The average molecular weight is 290 g/mol. The maximum absolute atomic E-state index is 12.4. The van der Waals surface area contributed by atoms with Crippen molar-refractivity contribution in [1.82, 2.24) is 9.97 Å². The van der Waals surface area contributed by atoms with Crippen molar-refractivity contribution in [2.75, 3.05) is 11.9 Å². The van der Waals surface area contributed by atoms with Crippen molar-refractivity contribution in [1.29, 1.82) is 0 Å². The summed E-state index contributed by atoms with van der Waals surface area (Å²) < 4.78 is 41.9. The second kappa shape index (κ2) is 5.14. The summed E-state index contributed by atoms with van der Waals surface area (Å²) in [6, 6.07) is 0.0328. The summed E-state index contributed by atoms with van der Waals surface area (Å²) >= 11 is 0. The molecule has 0 aromatic carbocycles. The Hall–Kier alpha value is -2.06. The van der Waals surface area contributed by atoms with Gasteiger partial charge in [-0.3, -0.25) is 0 Å². The summed E-state index contributed by atoms with van der Waals surface area (Å²) in [6.45, 7) is 0. The molecule has 1 aromatic rings. The summed E-state index contributed by atoms with van der Waals surface area (Å²) in [5.41, 5.74) is 3.86. The van der Waals surface area contributed by atoms with E-state index in [-0.39, 0.29) is 12.1 Å². The van der Waals surface area contributed by atoms with Crippen molar-refractivity contribution in [2.24, 2.45) is 5.73 Å². The smallest absolute Gasteiger partial charge is 0.434 e. The highest BCUT2D eigenvalue weighted by atomic mass is 19.4. The standard InChI is InChI=1S/C11H13F3N4O2/c1-18(6-2-7(3-6)20-10(15)19)9-5-16-8(4-17-9)11(12,13)14/h4-7H,2-3H2,1H3,(H2,15,19)/t6-,7+. The van der Waals surface area contributed by atoms with Crippen molar-refractivity contribution >= 4 is 11.9 Å². The number of aromatic nitrogens is 2. The van der Waals surface area contributed by atoms with Crippen LogP contribution in [0.5, 0.6) is 0 Å².